The first kappa shape index (κ1) is 18.1. The van der Waals surface area contributed by atoms with Crippen LogP contribution >= 0.6 is 45.9 Å². The summed E-state index contributed by atoms with van der Waals surface area (Å²) in [5.41, 5.74) is 2.28. The van der Waals surface area contributed by atoms with E-state index in [1.54, 1.807) is 28.1 Å². The van der Waals surface area contributed by atoms with Gasteiger partial charge in [-0.3, -0.25) is 9.59 Å². The zero-order valence-corrected chi connectivity index (χ0v) is 16.2. The first-order valence-electron chi connectivity index (χ1n) is 7.30. The van der Waals surface area contributed by atoms with Gasteiger partial charge in [0.15, 0.2) is 5.13 Å². The second kappa shape index (κ2) is 7.70. The average molecular weight is 414 g/mol. The number of carbonyl (C=O) groups excluding carboxylic acids is 1. The van der Waals surface area contributed by atoms with E-state index in [4.69, 9.17) is 23.2 Å². The molecule has 3 rings (SSSR count). The van der Waals surface area contributed by atoms with Gasteiger partial charge in [-0.05, 0) is 25.1 Å². The number of hydrogen-bond donors (Lipinski definition) is 1. The summed E-state index contributed by atoms with van der Waals surface area (Å²) < 4.78 is 1.59. The summed E-state index contributed by atoms with van der Waals surface area (Å²) in [7, 11) is 0. The average Bonchev–Trinajstić information content (AvgIpc) is 3.13. The molecule has 0 atom stereocenters. The van der Waals surface area contributed by atoms with Crippen LogP contribution < -0.4 is 10.2 Å². The van der Waals surface area contributed by atoms with Gasteiger partial charge >= 0.3 is 4.87 Å². The van der Waals surface area contributed by atoms with E-state index >= 15 is 0 Å². The minimum absolute atomic E-state index is 0.0563. The molecular formula is C16H13Cl2N3O2S2. The topological polar surface area (TPSA) is 64.0 Å². The molecule has 1 N–H and O–H groups in total. The molecule has 0 aliphatic carbocycles. The maximum Gasteiger partial charge on any atom is 0.307 e. The van der Waals surface area contributed by atoms with Crippen LogP contribution in [0.1, 0.15) is 12.1 Å². The predicted octanol–water partition coefficient (Wildman–Crippen LogP) is 4.68. The molecule has 0 fully saturated rings. The van der Waals surface area contributed by atoms with Gasteiger partial charge < -0.3 is 9.88 Å². The summed E-state index contributed by atoms with van der Waals surface area (Å²) in [5.74, 6) is -0.194. The van der Waals surface area contributed by atoms with Gasteiger partial charge in [0.1, 0.15) is 0 Å². The van der Waals surface area contributed by atoms with Gasteiger partial charge in [0.2, 0.25) is 5.91 Å². The van der Waals surface area contributed by atoms with Crippen LogP contribution in [0.2, 0.25) is 10.0 Å². The van der Waals surface area contributed by atoms with E-state index in [2.05, 4.69) is 10.3 Å². The van der Waals surface area contributed by atoms with Crippen molar-refractivity contribution in [2.45, 2.75) is 19.9 Å². The first-order chi connectivity index (χ1) is 11.9. The Hall–Kier alpha value is -1.67. The van der Waals surface area contributed by atoms with Gasteiger partial charge in [-0.2, -0.15) is 0 Å². The molecule has 0 radical (unpaired) electrons. The number of thiazole rings is 2. The molecule has 0 aliphatic rings. The lowest BCUT2D eigenvalue weighted by atomic mass is 10.2. The lowest BCUT2D eigenvalue weighted by Gasteiger charge is -2.04. The van der Waals surface area contributed by atoms with E-state index in [0.29, 0.717) is 27.4 Å². The number of rotatable bonds is 5. The van der Waals surface area contributed by atoms with Crippen molar-refractivity contribution in [2.24, 2.45) is 0 Å². The van der Waals surface area contributed by atoms with Crippen molar-refractivity contribution in [3.05, 3.63) is 54.4 Å². The Bertz CT molecular complexity index is 978. The molecule has 0 bridgehead atoms. The molecule has 0 saturated carbocycles. The first-order valence-corrected chi connectivity index (χ1v) is 9.81. The molecule has 3 aromatic rings. The Labute approximate surface area is 161 Å². The minimum atomic E-state index is -0.194. The van der Waals surface area contributed by atoms with Crippen molar-refractivity contribution in [1.82, 2.24) is 9.55 Å². The summed E-state index contributed by atoms with van der Waals surface area (Å²) in [6.07, 6.45) is 0.202. The third kappa shape index (κ3) is 4.30. The van der Waals surface area contributed by atoms with Crippen LogP contribution in [0.15, 0.2) is 33.8 Å². The van der Waals surface area contributed by atoms with Crippen molar-refractivity contribution in [2.75, 3.05) is 5.32 Å². The number of aryl methyl sites for hydroxylation is 1. The van der Waals surface area contributed by atoms with Crippen LogP contribution in [0.4, 0.5) is 5.13 Å². The number of nitrogens with zero attached hydrogens (tertiary/aromatic N) is 2. The molecule has 0 saturated heterocycles. The molecular weight excluding hydrogens is 401 g/mol. The second-order valence-electron chi connectivity index (χ2n) is 5.25. The highest BCUT2D eigenvalue weighted by Gasteiger charge is 2.12. The Morgan fingerprint density at radius 2 is 2.08 bits per heavy atom. The van der Waals surface area contributed by atoms with Gasteiger partial charge in [0.05, 0.1) is 10.7 Å². The van der Waals surface area contributed by atoms with Crippen LogP contribution in [0.3, 0.4) is 0 Å². The Balaban J connectivity index is 1.65. The van der Waals surface area contributed by atoms with E-state index in [1.165, 1.54) is 11.3 Å². The SMILES string of the molecule is Cc1csc(=O)n1CCC(=O)Nc1nc(-c2ccc(Cl)cc2Cl)cs1. The molecule has 0 unspecified atom stereocenters. The Kier molecular flexibility index (Phi) is 5.58. The molecule has 9 heteroatoms. The summed E-state index contributed by atoms with van der Waals surface area (Å²) >= 11 is 14.5. The van der Waals surface area contributed by atoms with Crippen LogP contribution in [0.25, 0.3) is 11.3 Å². The largest absolute Gasteiger partial charge is 0.307 e. The van der Waals surface area contributed by atoms with Gasteiger partial charge in [0, 0.05) is 40.0 Å². The molecule has 0 aliphatic heterocycles. The van der Waals surface area contributed by atoms with Crippen molar-refractivity contribution in [3.8, 4) is 11.3 Å². The summed E-state index contributed by atoms with van der Waals surface area (Å²) in [6, 6.07) is 5.18. The van der Waals surface area contributed by atoms with Crippen LogP contribution in [-0.2, 0) is 11.3 Å². The fraction of sp³-hybridized carbons (Fsp3) is 0.188. The predicted molar refractivity (Wildman–Crippen MR) is 104 cm³/mol. The van der Waals surface area contributed by atoms with Crippen LogP contribution in [-0.4, -0.2) is 15.5 Å². The molecule has 1 aromatic carbocycles. The van der Waals surface area contributed by atoms with Gasteiger partial charge in [-0.25, -0.2) is 4.98 Å². The maximum absolute atomic E-state index is 12.1. The van der Waals surface area contributed by atoms with E-state index < -0.39 is 0 Å². The molecule has 0 spiro atoms. The zero-order valence-electron chi connectivity index (χ0n) is 13.1. The minimum Gasteiger partial charge on any atom is -0.303 e. The number of benzene rings is 1. The number of halogens is 2. The van der Waals surface area contributed by atoms with Crippen LogP contribution in [0.5, 0.6) is 0 Å². The monoisotopic (exact) mass is 413 g/mol. The van der Waals surface area contributed by atoms with Gasteiger partial charge in [0.25, 0.3) is 0 Å². The standard InChI is InChI=1S/C16H13Cl2N3O2S2/c1-9-7-25-16(23)21(9)5-4-14(22)20-15-19-13(8-24-15)11-3-2-10(17)6-12(11)18/h2-3,6-8H,4-5H2,1H3,(H,19,20,22). The third-order valence-electron chi connectivity index (χ3n) is 3.50. The van der Waals surface area contributed by atoms with Gasteiger partial charge in [-0.1, -0.05) is 34.5 Å². The number of hydrogen-bond acceptors (Lipinski definition) is 5. The Morgan fingerprint density at radius 3 is 2.76 bits per heavy atom. The zero-order chi connectivity index (χ0) is 18.0. The van der Waals surface area contributed by atoms with Crippen LogP contribution in [0, 0.1) is 6.92 Å². The fourth-order valence-corrected chi connectivity index (χ4v) is 4.21. The third-order valence-corrected chi connectivity index (χ3v) is 5.68. The summed E-state index contributed by atoms with van der Waals surface area (Å²) in [5, 5.41) is 7.89. The number of nitrogens with one attached hydrogen (secondary N) is 1. The fourth-order valence-electron chi connectivity index (χ4n) is 2.22. The molecule has 25 heavy (non-hydrogen) atoms. The normalized spacial score (nSPS) is 10.8. The Morgan fingerprint density at radius 1 is 1.28 bits per heavy atom. The smallest absolute Gasteiger partial charge is 0.303 e. The van der Waals surface area contributed by atoms with Crippen molar-refractivity contribution in [3.63, 3.8) is 0 Å². The van der Waals surface area contributed by atoms with E-state index in [0.717, 1.165) is 22.6 Å². The number of aromatic nitrogens is 2. The molecule has 5 nitrogen and oxygen atoms in total. The van der Waals surface area contributed by atoms with Crippen molar-refractivity contribution in [1.29, 1.82) is 0 Å². The lowest BCUT2D eigenvalue weighted by Crippen LogP contribution is -2.20. The van der Waals surface area contributed by atoms with Crippen molar-refractivity contribution >= 4 is 56.9 Å². The highest BCUT2D eigenvalue weighted by Crippen LogP contribution is 2.32. The van der Waals surface area contributed by atoms with Crippen molar-refractivity contribution < 1.29 is 4.79 Å². The molecule has 2 aromatic heterocycles. The maximum atomic E-state index is 12.1. The van der Waals surface area contributed by atoms with E-state index in [9.17, 15) is 9.59 Å². The summed E-state index contributed by atoms with van der Waals surface area (Å²) in [4.78, 5) is 28.1. The highest BCUT2D eigenvalue weighted by molar-refractivity contribution is 7.14. The number of amides is 1. The second-order valence-corrected chi connectivity index (χ2v) is 7.78. The number of anilines is 1. The highest BCUT2D eigenvalue weighted by atomic mass is 35.5. The van der Waals surface area contributed by atoms with E-state index in [-0.39, 0.29) is 17.2 Å². The molecule has 1 amide bonds. The quantitative estimate of drug-likeness (QED) is 0.660. The summed E-state index contributed by atoms with van der Waals surface area (Å²) in [6.45, 7) is 2.19. The van der Waals surface area contributed by atoms with E-state index in [1.807, 2.05) is 12.3 Å². The number of carbonyl (C=O) groups is 1. The molecule has 2 heterocycles. The van der Waals surface area contributed by atoms with Gasteiger partial charge in [-0.15, -0.1) is 11.3 Å². The molecule has 130 valence electrons. The lowest BCUT2D eigenvalue weighted by molar-refractivity contribution is -0.116.